The van der Waals surface area contributed by atoms with Crippen LogP contribution in [-0.4, -0.2) is 53.6 Å². The number of hydrogen-bond acceptors (Lipinski definition) is 3. The first-order valence-electron chi connectivity index (χ1n) is 10.3. The number of aliphatic hydroxyl groups is 1. The molecule has 2 aliphatic rings. The predicted octanol–water partition coefficient (Wildman–Crippen LogP) is 3.54. The zero-order valence-electron chi connectivity index (χ0n) is 16.9. The molecule has 1 saturated heterocycles. The molecule has 1 saturated carbocycles. The van der Waals surface area contributed by atoms with Crippen LogP contribution in [0.5, 0.6) is 0 Å². The highest BCUT2D eigenvalue weighted by molar-refractivity contribution is 5.94. The van der Waals surface area contributed by atoms with Gasteiger partial charge in [0.2, 0.25) is 0 Å². The predicted molar refractivity (Wildman–Crippen MR) is 112 cm³/mol. The average Bonchev–Trinajstić information content (AvgIpc) is 3.47. The van der Waals surface area contributed by atoms with Gasteiger partial charge in [0.15, 0.2) is 0 Å². The zero-order valence-corrected chi connectivity index (χ0v) is 16.9. The molecule has 0 aromatic heterocycles. The molecular formula is C24H30N2O2. The van der Waals surface area contributed by atoms with Gasteiger partial charge in [-0.05, 0) is 48.4 Å². The van der Waals surface area contributed by atoms with Gasteiger partial charge in [0.25, 0.3) is 5.91 Å². The summed E-state index contributed by atoms with van der Waals surface area (Å²) in [5, 5.41) is 9.97. The number of nitrogens with zero attached hydrogens (tertiary/aromatic N) is 2. The van der Waals surface area contributed by atoms with Crippen LogP contribution in [0.25, 0.3) is 0 Å². The van der Waals surface area contributed by atoms with Crippen molar-refractivity contribution in [1.29, 1.82) is 0 Å². The highest BCUT2D eigenvalue weighted by atomic mass is 16.3. The van der Waals surface area contributed by atoms with E-state index >= 15 is 0 Å². The maximum Gasteiger partial charge on any atom is 0.253 e. The van der Waals surface area contributed by atoms with Crippen molar-refractivity contribution in [2.45, 2.75) is 38.1 Å². The topological polar surface area (TPSA) is 43.8 Å². The fraction of sp³-hybridized carbons (Fsp3) is 0.458. The standard InChI is InChI=1S/C24H30N2O2/c1-18-5-3-6-19(15-18)22(17-27)25-11-13-26(14-12-25)23(28)20-7-4-8-21(16-20)24(2)9-10-24/h3-8,15-16,22,27H,9-14,17H2,1-2H3. The summed E-state index contributed by atoms with van der Waals surface area (Å²) < 4.78 is 0. The number of aliphatic hydroxyl groups excluding tert-OH is 1. The Morgan fingerprint density at radius 3 is 2.43 bits per heavy atom. The van der Waals surface area contributed by atoms with E-state index in [1.807, 2.05) is 23.1 Å². The van der Waals surface area contributed by atoms with E-state index in [1.54, 1.807) is 0 Å². The third-order valence-corrected chi connectivity index (χ3v) is 6.45. The molecule has 148 valence electrons. The van der Waals surface area contributed by atoms with Gasteiger partial charge in [-0.1, -0.05) is 48.9 Å². The van der Waals surface area contributed by atoms with Crippen molar-refractivity contribution in [3.8, 4) is 0 Å². The minimum atomic E-state index is -0.00436. The second kappa shape index (κ2) is 7.69. The second-order valence-corrected chi connectivity index (χ2v) is 8.58. The van der Waals surface area contributed by atoms with Gasteiger partial charge < -0.3 is 10.0 Å². The first-order valence-corrected chi connectivity index (χ1v) is 10.3. The van der Waals surface area contributed by atoms with Gasteiger partial charge >= 0.3 is 0 Å². The number of rotatable bonds is 5. The van der Waals surface area contributed by atoms with Crippen molar-refractivity contribution in [2.75, 3.05) is 32.8 Å². The quantitative estimate of drug-likeness (QED) is 0.865. The Bertz CT molecular complexity index is 851. The summed E-state index contributed by atoms with van der Waals surface area (Å²) in [5.74, 6) is 0.127. The summed E-state index contributed by atoms with van der Waals surface area (Å²) in [6, 6.07) is 16.5. The van der Waals surface area contributed by atoms with E-state index < -0.39 is 0 Å². The molecule has 0 bridgehead atoms. The normalized spacial score (nSPS) is 20.0. The summed E-state index contributed by atoms with van der Waals surface area (Å²) in [5.41, 5.74) is 4.71. The van der Waals surface area contributed by atoms with E-state index in [9.17, 15) is 9.90 Å². The first-order chi connectivity index (χ1) is 13.5. The van der Waals surface area contributed by atoms with E-state index in [-0.39, 0.29) is 24.0 Å². The number of piperazine rings is 1. The van der Waals surface area contributed by atoms with Crippen LogP contribution in [0.3, 0.4) is 0 Å². The van der Waals surface area contributed by atoms with Crippen molar-refractivity contribution in [3.05, 3.63) is 70.8 Å². The Balaban J connectivity index is 1.41. The fourth-order valence-electron chi connectivity index (χ4n) is 4.23. The van der Waals surface area contributed by atoms with Gasteiger partial charge in [0.1, 0.15) is 0 Å². The van der Waals surface area contributed by atoms with Crippen LogP contribution in [0.2, 0.25) is 0 Å². The van der Waals surface area contributed by atoms with Crippen LogP contribution in [0.4, 0.5) is 0 Å². The average molecular weight is 379 g/mol. The number of amides is 1. The van der Waals surface area contributed by atoms with Gasteiger partial charge in [-0.2, -0.15) is 0 Å². The third kappa shape index (κ3) is 3.85. The van der Waals surface area contributed by atoms with Gasteiger partial charge in [-0.3, -0.25) is 9.69 Å². The zero-order chi connectivity index (χ0) is 19.7. The highest BCUT2D eigenvalue weighted by Crippen LogP contribution is 2.47. The molecule has 4 heteroatoms. The molecule has 28 heavy (non-hydrogen) atoms. The molecule has 2 aromatic carbocycles. The monoisotopic (exact) mass is 378 g/mol. The maximum atomic E-state index is 13.0. The number of benzene rings is 2. The summed E-state index contributed by atoms with van der Waals surface area (Å²) in [7, 11) is 0. The minimum absolute atomic E-state index is 0.00436. The van der Waals surface area contributed by atoms with Crippen LogP contribution >= 0.6 is 0 Å². The van der Waals surface area contributed by atoms with Crippen LogP contribution in [-0.2, 0) is 5.41 Å². The molecule has 4 nitrogen and oxygen atoms in total. The lowest BCUT2D eigenvalue weighted by atomic mass is 9.96. The number of hydrogen-bond donors (Lipinski definition) is 1. The molecular weight excluding hydrogens is 348 g/mol. The molecule has 1 unspecified atom stereocenters. The lowest BCUT2D eigenvalue weighted by Gasteiger charge is -2.39. The van der Waals surface area contributed by atoms with E-state index in [0.717, 1.165) is 24.2 Å². The molecule has 1 N–H and O–H groups in total. The molecule has 1 amide bonds. The van der Waals surface area contributed by atoms with Crippen molar-refractivity contribution < 1.29 is 9.90 Å². The summed E-state index contributed by atoms with van der Waals surface area (Å²) >= 11 is 0. The van der Waals surface area contributed by atoms with Crippen molar-refractivity contribution in [2.24, 2.45) is 0 Å². The van der Waals surface area contributed by atoms with Gasteiger partial charge in [-0.15, -0.1) is 0 Å². The number of carbonyl (C=O) groups excluding carboxylic acids is 1. The number of aryl methyl sites for hydroxylation is 1. The van der Waals surface area contributed by atoms with Crippen LogP contribution in [0.1, 0.15) is 52.9 Å². The summed E-state index contributed by atoms with van der Waals surface area (Å²) in [6.07, 6.45) is 2.43. The molecule has 4 rings (SSSR count). The van der Waals surface area contributed by atoms with Crippen LogP contribution < -0.4 is 0 Å². The fourth-order valence-corrected chi connectivity index (χ4v) is 4.23. The molecule has 1 aliphatic carbocycles. The molecule has 0 spiro atoms. The Morgan fingerprint density at radius 1 is 1.07 bits per heavy atom. The lowest BCUT2D eigenvalue weighted by Crippen LogP contribution is -2.50. The van der Waals surface area contributed by atoms with Crippen molar-refractivity contribution >= 4 is 5.91 Å². The van der Waals surface area contributed by atoms with Gasteiger partial charge in [0.05, 0.1) is 12.6 Å². The molecule has 2 fully saturated rings. The molecule has 0 radical (unpaired) electrons. The second-order valence-electron chi connectivity index (χ2n) is 8.58. The minimum Gasteiger partial charge on any atom is -0.394 e. The maximum absolute atomic E-state index is 13.0. The number of carbonyl (C=O) groups is 1. The van der Waals surface area contributed by atoms with E-state index in [4.69, 9.17) is 0 Å². The Hall–Kier alpha value is -2.17. The molecule has 1 atom stereocenters. The first kappa shape index (κ1) is 19.2. The Labute approximate surface area is 167 Å². The smallest absolute Gasteiger partial charge is 0.253 e. The van der Waals surface area contributed by atoms with Gasteiger partial charge in [-0.25, -0.2) is 0 Å². The molecule has 1 aliphatic heterocycles. The summed E-state index contributed by atoms with van der Waals surface area (Å²) in [6.45, 7) is 7.40. The SMILES string of the molecule is Cc1cccc(C(CO)N2CCN(C(=O)c3cccc(C4(C)CC4)c3)CC2)c1. The molecule has 1 heterocycles. The largest absolute Gasteiger partial charge is 0.394 e. The summed E-state index contributed by atoms with van der Waals surface area (Å²) in [4.78, 5) is 17.3. The Morgan fingerprint density at radius 2 is 1.79 bits per heavy atom. The van der Waals surface area contributed by atoms with E-state index in [0.29, 0.717) is 13.1 Å². The highest BCUT2D eigenvalue weighted by Gasteiger charge is 2.39. The van der Waals surface area contributed by atoms with Crippen LogP contribution in [0, 0.1) is 6.92 Å². The van der Waals surface area contributed by atoms with Crippen molar-refractivity contribution in [3.63, 3.8) is 0 Å². The van der Waals surface area contributed by atoms with Gasteiger partial charge in [0, 0.05) is 31.7 Å². The third-order valence-electron chi connectivity index (χ3n) is 6.45. The van der Waals surface area contributed by atoms with Crippen LogP contribution in [0.15, 0.2) is 48.5 Å². The Kier molecular flexibility index (Phi) is 5.26. The molecule has 2 aromatic rings. The van der Waals surface area contributed by atoms with E-state index in [1.165, 1.54) is 24.0 Å². The lowest BCUT2D eigenvalue weighted by molar-refractivity contribution is 0.0477. The van der Waals surface area contributed by atoms with E-state index in [2.05, 4.69) is 49.1 Å². The van der Waals surface area contributed by atoms with Crippen molar-refractivity contribution in [1.82, 2.24) is 9.80 Å².